The van der Waals surface area contributed by atoms with Crippen molar-refractivity contribution >= 4 is 12.2 Å². The maximum absolute atomic E-state index is 11.3. The summed E-state index contributed by atoms with van der Waals surface area (Å²) in [6.45, 7) is 6.63. The van der Waals surface area contributed by atoms with E-state index < -0.39 is 6.67 Å². The summed E-state index contributed by atoms with van der Waals surface area (Å²) in [4.78, 5) is 13.7. The summed E-state index contributed by atoms with van der Waals surface area (Å²) >= 11 is 0. The van der Waals surface area contributed by atoms with E-state index in [0.717, 1.165) is 18.0 Å². The Kier molecular flexibility index (Phi) is 7.57. The number of rotatable bonds is 7. The van der Waals surface area contributed by atoms with Crippen molar-refractivity contribution in [1.82, 2.24) is 10.3 Å². The Morgan fingerprint density at radius 3 is 2.73 bits per heavy atom. The van der Waals surface area contributed by atoms with Gasteiger partial charge in [0.25, 0.3) is 0 Å². The van der Waals surface area contributed by atoms with E-state index in [1.54, 1.807) is 0 Å². The van der Waals surface area contributed by atoms with Gasteiger partial charge in [-0.1, -0.05) is 25.8 Å². The molecule has 1 amide bonds. The molecule has 1 saturated carbocycles. The molecule has 1 aromatic heterocycles. The maximum Gasteiger partial charge on any atom is 0.211 e. The van der Waals surface area contributed by atoms with E-state index in [2.05, 4.69) is 18.5 Å². The van der Waals surface area contributed by atoms with Crippen LogP contribution in [0.15, 0.2) is 18.3 Å². The summed E-state index contributed by atoms with van der Waals surface area (Å²) in [5.41, 5.74) is 9.64. The van der Waals surface area contributed by atoms with Gasteiger partial charge in [-0.25, -0.2) is 9.37 Å². The summed E-state index contributed by atoms with van der Waals surface area (Å²) in [6, 6.07) is 2.04. The first-order valence-electron chi connectivity index (χ1n) is 7.64. The number of hydrogen-bond acceptors (Lipinski definition) is 3. The molecule has 1 aromatic rings. The molecule has 0 radical (unpaired) electrons. The minimum absolute atomic E-state index is 0.0926. The number of carbonyl (C=O) groups is 1. The van der Waals surface area contributed by atoms with Crippen molar-refractivity contribution in [1.29, 1.82) is 0 Å². The molecule has 3 N–H and O–H groups in total. The first kappa shape index (κ1) is 18.1. The van der Waals surface area contributed by atoms with Gasteiger partial charge in [0.15, 0.2) is 0 Å². The van der Waals surface area contributed by atoms with Crippen LogP contribution in [0.4, 0.5) is 10.2 Å². The quantitative estimate of drug-likeness (QED) is 0.760. The summed E-state index contributed by atoms with van der Waals surface area (Å²) in [7, 11) is 0. The van der Waals surface area contributed by atoms with Crippen LogP contribution in [0.1, 0.15) is 42.5 Å². The Morgan fingerprint density at radius 2 is 2.23 bits per heavy atom. The Balaban J connectivity index is 0.000000295. The number of nitrogens with zero attached hydrogens (tertiary/aromatic N) is 1. The zero-order valence-corrected chi connectivity index (χ0v) is 13.5. The van der Waals surface area contributed by atoms with Gasteiger partial charge in [-0.2, -0.15) is 0 Å². The number of hydrogen-bond donors (Lipinski definition) is 2. The Bertz CT molecular complexity index is 513. The molecule has 2 rings (SSSR count). The van der Waals surface area contributed by atoms with Crippen molar-refractivity contribution in [3.05, 3.63) is 35.2 Å². The fraction of sp³-hybridized carbons (Fsp3) is 0.529. The lowest BCUT2D eigenvalue weighted by molar-refractivity contribution is -0.109. The van der Waals surface area contributed by atoms with Crippen molar-refractivity contribution in [3.8, 4) is 0 Å². The smallest absolute Gasteiger partial charge is 0.211 e. The molecule has 0 bridgehead atoms. The number of amides is 1. The van der Waals surface area contributed by atoms with Crippen LogP contribution in [0.2, 0.25) is 0 Å². The molecule has 1 heterocycles. The Labute approximate surface area is 132 Å². The third kappa shape index (κ3) is 6.70. The first-order chi connectivity index (χ1) is 10.5. The lowest BCUT2D eigenvalue weighted by atomic mass is 10.0. The number of nitrogen functional groups attached to an aromatic ring is 1. The van der Waals surface area contributed by atoms with Crippen molar-refractivity contribution in [2.24, 2.45) is 5.92 Å². The van der Waals surface area contributed by atoms with E-state index in [9.17, 15) is 9.18 Å². The Morgan fingerprint density at radius 1 is 1.55 bits per heavy atom. The van der Waals surface area contributed by atoms with Crippen LogP contribution in [-0.4, -0.2) is 18.1 Å². The molecule has 0 atom stereocenters. The number of halogens is 1. The average Bonchev–Trinajstić information content (AvgIpc) is 3.29. The second kappa shape index (κ2) is 9.18. The van der Waals surface area contributed by atoms with E-state index in [4.69, 9.17) is 5.73 Å². The number of carbonyl (C=O) groups excluding carboxylic acids is 1. The average molecular weight is 307 g/mol. The fourth-order valence-corrected chi connectivity index (χ4v) is 2.20. The van der Waals surface area contributed by atoms with E-state index in [-0.39, 0.29) is 5.70 Å². The van der Waals surface area contributed by atoms with Gasteiger partial charge in [-0.05, 0) is 49.8 Å². The summed E-state index contributed by atoms with van der Waals surface area (Å²) in [5.74, 6) is 1.70. The summed E-state index contributed by atoms with van der Waals surface area (Å²) in [6.07, 6.45) is 7.15. The number of nitrogens with two attached hydrogens (primary N) is 1. The van der Waals surface area contributed by atoms with Crippen molar-refractivity contribution in [3.63, 3.8) is 0 Å². The second-order valence-corrected chi connectivity index (χ2v) is 5.75. The molecule has 0 spiro atoms. The highest BCUT2D eigenvalue weighted by atomic mass is 19.1. The lowest BCUT2D eigenvalue weighted by Crippen LogP contribution is -2.09. The van der Waals surface area contributed by atoms with Crippen molar-refractivity contribution in [2.45, 2.75) is 46.0 Å². The molecule has 22 heavy (non-hydrogen) atoms. The number of pyridine rings is 1. The number of allylic oxidation sites excluding steroid dienone is 1. The molecule has 0 unspecified atom stereocenters. The molecule has 122 valence electrons. The number of nitrogens with one attached hydrogen (secondary N) is 1. The van der Waals surface area contributed by atoms with Crippen LogP contribution >= 0.6 is 0 Å². The molecule has 4 nitrogen and oxygen atoms in total. The van der Waals surface area contributed by atoms with Gasteiger partial charge in [-0.15, -0.1) is 0 Å². The van der Waals surface area contributed by atoms with Gasteiger partial charge in [-0.3, -0.25) is 4.79 Å². The van der Waals surface area contributed by atoms with Crippen molar-refractivity contribution < 1.29 is 9.18 Å². The van der Waals surface area contributed by atoms with Crippen LogP contribution < -0.4 is 11.1 Å². The Hall–Kier alpha value is -1.91. The number of alkyl halides is 1. The van der Waals surface area contributed by atoms with Crippen LogP contribution in [0.5, 0.6) is 0 Å². The van der Waals surface area contributed by atoms with E-state index in [1.807, 2.05) is 18.3 Å². The molecular weight excluding hydrogens is 281 g/mol. The van der Waals surface area contributed by atoms with Gasteiger partial charge in [0.05, 0.1) is 0 Å². The van der Waals surface area contributed by atoms with Gasteiger partial charge in [0.2, 0.25) is 6.41 Å². The molecule has 0 aromatic carbocycles. The van der Waals surface area contributed by atoms with Crippen LogP contribution in [0.25, 0.3) is 0 Å². The molecule has 0 saturated heterocycles. The highest BCUT2D eigenvalue weighted by Gasteiger charge is 2.20. The normalized spacial score (nSPS) is 13.0. The highest BCUT2D eigenvalue weighted by molar-refractivity contribution is 5.49. The number of anilines is 1. The monoisotopic (exact) mass is 307 g/mol. The number of aromatic nitrogens is 1. The third-order valence-corrected chi connectivity index (χ3v) is 3.82. The lowest BCUT2D eigenvalue weighted by Gasteiger charge is -2.09. The zero-order valence-electron chi connectivity index (χ0n) is 13.5. The van der Waals surface area contributed by atoms with Crippen molar-refractivity contribution in [2.75, 3.05) is 12.4 Å². The molecule has 1 aliphatic rings. The predicted molar refractivity (Wildman–Crippen MR) is 88.1 cm³/mol. The second-order valence-electron chi connectivity index (χ2n) is 5.75. The van der Waals surface area contributed by atoms with Gasteiger partial charge >= 0.3 is 0 Å². The standard InChI is InChI=1S/C13H20N2.C4H6FNO/c1-9-10(2)15-13(14)8-12(9)5-3-4-11-6-7-11;1-4(2-5)6-3-7/h8,11H,3-7H2,1-2H3,(H2,14,15);3H,1-2H2,(H,6,7). The highest BCUT2D eigenvalue weighted by Crippen LogP contribution is 2.34. The van der Waals surface area contributed by atoms with Crippen LogP contribution in [0, 0.1) is 19.8 Å². The number of aryl methyl sites for hydroxylation is 2. The maximum atomic E-state index is 11.3. The van der Waals surface area contributed by atoms with E-state index in [0.29, 0.717) is 12.2 Å². The van der Waals surface area contributed by atoms with Gasteiger partial charge in [0.1, 0.15) is 12.5 Å². The van der Waals surface area contributed by atoms with Gasteiger partial charge in [0, 0.05) is 11.4 Å². The minimum atomic E-state index is -0.696. The molecule has 5 heteroatoms. The SMILES string of the molecule is C=C(CF)NC=O.Cc1nc(N)cc(CCCC2CC2)c1C. The topological polar surface area (TPSA) is 68.0 Å². The first-order valence-corrected chi connectivity index (χ1v) is 7.64. The predicted octanol–water partition coefficient (Wildman–Crippen LogP) is 3.23. The fourth-order valence-electron chi connectivity index (χ4n) is 2.20. The summed E-state index contributed by atoms with van der Waals surface area (Å²) in [5, 5.41) is 2.05. The van der Waals surface area contributed by atoms with Crippen LogP contribution in [0.3, 0.4) is 0 Å². The minimum Gasteiger partial charge on any atom is -0.384 e. The van der Waals surface area contributed by atoms with E-state index in [1.165, 1.54) is 36.8 Å². The zero-order chi connectivity index (χ0) is 16.5. The summed E-state index contributed by atoms with van der Waals surface area (Å²) < 4.78 is 11.3. The van der Waals surface area contributed by atoms with E-state index >= 15 is 0 Å². The van der Waals surface area contributed by atoms with Gasteiger partial charge < -0.3 is 11.1 Å². The molecule has 0 aliphatic heterocycles. The van der Waals surface area contributed by atoms with Crippen LogP contribution in [-0.2, 0) is 11.2 Å². The molecule has 1 aliphatic carbocycles. The largest absolute Gasteiger partial charge is 0.384 e. The molecular formula is C17H26FN3O. The third-order valence-electron chi connectivity index (χ3n) is 3.82. The molecule has 1 fully saturated rings.